The molecule has 0 saturated carbocycles. The normalized spacial score (nSPS) is 15.8. The molecule has 0 aliphatic carbocycles. The summed E-state index contributed by atoms with van der Waals surface area (Å²) in [5.41, 5.74) is 1.22. The zero-order valence-corrected chi connectivity index (χ0v) is 14.2. The van der Waals surface area contributed by atoms with Crippen LogP contribution in [0, 0.1) is 0 Å². The molecule has 1 atom stereocenters. The monoisotopic (exact) mass is 363 g/mol. The topological polar surface area (TPSA) is 56.8 Å². The summed E-state index contributed by atoms with van der Waals surface area (Å²) in [5, 5.41) is 2.96. The number of rotatable bonds is 6. The van der Waals surface area contributed by atoms with Crippen LogP contribution < -0.4 is 19.5 Å². The Hall–Kier alpha value is -2.83. The van der Waals surface area contributed by atoms with Crippen molar-refractivity contribution in [2.45, 2.75) is 26.0 Å². The molecule has 0 saturated heterocycles. The van der Waals surface area contributed by atoms with Crippen molar-refractivity contribution >= 4 is 5.91 Å². The Morgan fingerprint density at radius 2 is 2.08 bits per heavy atom. The second-order valence-electron chi connectivity index (χ2n) is 5.67. The number of halogens is 2. The van der Waals surface area contributed by atoms with Crippen molar-refractivity contribution in [3.8, 4) is 17.2 Å². The van der Waals surface area contributed by atoms with Crippen molar-refractivity contribution in [3.05, 3.63) is 53.6 Å². The lowest BCUT2D eigenvalue weighted by atomic mass is 10.00. The maximum atomic E-state index is 12.6. The number of nitrogens with one attached hydrogen (secondary N) is 1. The van der Waals surface area contributed by atoms with Crippen molar-refractivity contribution in [2.24, 2.45) is 0 Å². The largest absolute Gasteiger partial charge is 0.493 e. The molecule has 2 aromatic rings. The Bertz CT molecular complexity index is 782. The summed E-state index contributed by atoms with van der Waals surface area (Å²) in [6.07, 6.45) is 0.646. The number of benzene rings is 2. The number of carbonyl (C=O) groups is 1. The van der Waals surface area contributed by atoms with Crippen LogP contribution in [0.4, 0.5) is 8.78 Å². The Kier molecular flexibility index (Phi) is 5.55. The van der Waals surface area contributed by atoms with Crippen LogP contribution >= 0.6 is 0 Å². The van der Waals surface area contributed by atoms with E-state index in [2.05, 4.69) is 10.1 Å². The van der Waals surface area contributed by atoms with Crippen molar-refractivity contribution in [1.29, 1.82) is 0 Å². The zero-order chi connectivity index (χ0) is 18.5. The van der Waals surface area contributed by atoms with Gasteiger partial charge >= 0.3 is 6.61 Å². The molecule has 1 heterocycles. The fourth-order valence-corrected chi connectivity index (χ4v) is 2.84. The molecule has 0 radical (unpaired) electrons. The van der Waals surface area contributed by atoms with E-state index in [1.807, 2.05) is 24.3 Å². The average molecular weight is 363 g/mol. The van der Waals surface area contributed by atoms with E-state index >= 15 is 0 Å². The van der Waals surface area contributed by atoms with Gasteiger partial charge in [0.1, 0.15) is 5.75 Å². The van der Waals surface area contributed by atoms with Crippen LogP contribution in [-0.2, 0) is 0 Å². The van der Waals surface area contributed by atoms with Crippen molar-refractivity contribution in [1.82, 2.24) is 5.32 Å². The summed E-state index contributed by atoms with van der Waals surface area (Å²) < 4.78 is 40.3. The molecule has 3 rings (SSSR count). The van der Waals surface area contributed by atoms with E-state index in [-0.39, 0.29) is 30.1 Å². The number of alkyl halides is 2. The highest BCUT2D eigenvalue weighted by atomic mass is 19.3. The number of ether oxygens (including phenoxy) is 3. The second-order valence-corrected chi connectivity index (χ2v) is 5.67. The van der Waals surface area contributed by atoms with Crippen molar-refractivity contribution in [3.63, 3.8) is 0 Å². The fourth-order valence-electron chi connectivity index (χ4n) is 2.84. The van der Waals surface area contributed by atoms with Gasteiger partial charge in [0.2, 0.25) is 0 Å². The third kappa shape index (κ3) is 4.04. The highest BCUT2D eigenvalue weighted by Gasteiger charge is 2.23. The van der Waals surface area contributed by atoms with Crippen molar-refractivity contribution in [2.75, 3.05) is 13.2 Å². The summed E-state index contributed by atoms with van der Waals surface area (Å²) >= 11 is 0. The third-order valence-corrected chi connectivity index (χ3v) is 3.99. The first-order valence-electron chi connectivity index (χ1n) is 8.32. The number of amides is 1. The molecular weight excluding hydrogens is 344 g/mol. The molecule has 7 heteroatoms. The Morgan fingerprint density at radius 1 is 1.27 bits per heavy atom. The molecule has 2 aromatic carbocycles. The molecular formula is C19H19F2NO4. The summed E-state index contributed by atoms with van der Waals surface area (Å²) in [4.78, 5) is 12.6. The van der Waals surface area contributed by atoms with E-state index in [9.17, 15) is 13.6 Å². The van der Waals surface area contributed by atoms with Gasteiger partial charge in [-0.2, -0.15) is 8.78 Å². The van der Waals surface area contributed by atoms with Gasteiger partial charge in [0, 0.05) is 17.5 Å². The van der Waals surface area contributed by atoms with Gasteiger partial charge in [-0.1, -0.05) is 18.2 Å². The molecule has 0 fully saturated rings. The highest BCUT2D eigenvalue weighted by molar-refractivity contribution is 5.95. The van der Waals surface area contributed by atoms with Gasteiger partial charge in [0.15, 0.2) is 11.5 Å². The fraction of sp³-hybridized carbons (Fsp3) is 0.316. The zero-order valence-electron chi connectivity index (χ0n) is 14.2. The van der Waals surface area contributed by atoms with Gasteiger partial charge < -0.3 is 19.5 Å². The summed E-state index contributed by atoms with van der Waals surface area (Å²) in [7, 11) is 0. The Balaban J connectivity index is 1.79. The van der Waals surface area contributed by atoms with Crippen LogP contribution in [0.25, 0.3) is 0 Å². The van der Waals surface area contributed by atoms with Crippen LogP contribution in [-0.4, -0.2) is 25.7 Å². The first-order chi connectivity index (χ1) is 12.6. The van der Waals surface area contributed by atoms with Gasteiger partial charge in [-0.3, -0.25) is 4.79 Å². The lowest BCUT2D eigenvalue weighted by Crippen LogP contribution is -2.32. The van der Waals surface area contributed by atoms with E-state index < -0.39 is 6.61 Å². The van der Waals surface area contributed by atoms with Gasteiger partial charge in [0.05, 0.1) is 19.3 Å². The van der Waals surface area contributed by atoms with Crippen LogP contribution in [0.1, 0.15) is 35.3 Å². The maximum absolute atomic E-state index is 12.6. The summed E-state index contributed by atoms with van der Waals surface area (Å²) in [5.74, 6) is 0.429. The minimum Gasteiger partial charge on any atom is -0.493 e. The Morgan fingerprint density at radius 3 is 2.85 bits per heavy atom. The van der Waals surface area contributed by atoms with Crippen LogP contribution in [0.15, 0.2) is 42.5 Å². The standard InChI is InChI=1S/C19H19F2NO4/c1-2-24-17-11-12(7-8-16(17)26-19(20)21)18(23)22-14-9-10-25-15-6-4-3-5-13(14)15/h3-8,11,14,19H,2,9-10H2,1H3,(H,22,23)/t14-/m0/s1. The SMILES string of the molecule is CCOc1cc(C(=O)N[C@H]2CCOc3ccccc32)ccc1OC(F)F. The number of para-hydroxylation sites is 1. The molecule has 26 heavy (non-hydrogen) atoms. The molecule has 0 spiro atoms. The predicted molar refractivity (Wildman–Crippen MR) is 91.0 cm³/mol. The average Bonchev–Trinajstić information content (AvgIpc) is 2.63. The molecule has 0 unspecified atom stereocenters. The molecule has 5 nitrogen and oxygen atoms in total. The lowest BCUT2D eigenvalue weighted by molar-refractivity contribution is -0.0514. The molecule has 0 aromatic heterocycles. The molecule has 0 bridgehead atoms. The highest BCUT2D eigenvalue weighted by Crippen LogP contribution is 2.33. The summed E-state index contributed by atoms with van der Waals surface area (Å²) in [6, 6.07) is 11.5. The van der Waals surface area contributed by atoms with Gasteiger partial charge in [-0.05, 0) is 31.2 Å². The Labute approximate surface area is 149 Å². The third-order valence-electron chi connectivity index (χ3n) is 3.99. The lowest BCUT2D eigenvalue weighted by Gasteiger charge is -2.26. The predicted octanol–water partition coefficient (Wildman–Crippen LogP) is 3.94. The second kappa shape index (κ2) is 8.03. The minimum absolute atomic E-state index is 0.102. The van der Waals surface area contributed by atoms with E-state index in [0.717, 1.165) is 11.3 Å². The van der Waals surface area contributed by atoms with Gasteiger partial charge in [-0.25, -0.2) is 0 Å². The molecule has 138 valence electrons. The molecule has 1 aliphatic heterocycles. The van der Waals surface area contributed by atoms with Crippen LogP contribution in [0.3, 0.4) is 0 Å². The molecule has 1 N–H and O–H groups in total. The van der Waals surface area contributed by atoms with Gasteiger partial charge in [0.25, 0.3) is 5.91 Å². The number of carbonyl (C=O) groups excluding carboxylic acids is 1. The minimum atomic E-state index is -2.97. The van der Waals surface area contributed by atoms with E-state index in [4.69, 9.17) is 9.47 Å². The number of hydrogen-bond acceptors (Lipinski definition) is 4. The quantitative estimate of drug-likeness (QED) is 0.845. The van der Waals surface area contributed by atoms with E-state index in [1.54, 1.807) is 6.92 Å². The first kappa shape index (κ1) is 18.0. The first-order valence-corrected chi connectivity index (χ1v) is 8.32. The van der Waals surface area contributed by atoms with E-state index in [1.165, 1.54) is 18.2 Å². The van der Waals surface area contributed by atoms with Crippen molar-refractivity contribution < 1.29 is 27.8 Å². The maximum Gasteiger partial charge on any atom is 0.387 e. The van der Waals surface area contributed by atoms with Crippen LogP contribution in [0.5, 0.6) is 17.2 Å². The smallest absolute Gasteiger partial charge is 0.387 e. The molecule has 1 aliphatic rings. The van der Waals surface area contributed by atoms with Crippen LogP contribution in [0.2, 0.25) is 0 Å². The number of fused-ring (bicyclic) bond motifs is 1. The van der Waals surface area contributed by atoms with E-state index in [0.29, 0.717) is 18.6 Å². The summed E-state index contributed by atoms with van der Waals surface area (Å²) in [6.45, 7) is -0.476. The number of hydrogen-bond donors (Lipinski definition) is 1. The molecule has 1 amide bonds. The van der Waals surface area contributed by atoms with Gasteiger partial charge in [-0.15, -0.1) is 0 Å².